The lowest BCUT2D eigenvalue weighted by molar-refractivity contribution is -0.144. The topological polar surface area (TPSA) is 62.3 Å². The third-order valence-corrected chi connectivity index (χ3v) is 6.91. The fourth-order valence-corrected chi connectivity index (χ4v) is 5.20. The van der Waals surface area contributed by atoms with Gasteiger partial charge in [0.2, 0.25) is 11.8 Å². The molecule has 0 saturated carbocycles. The molecule has 1 fully saturated rings. The summed E-state index contributed by atoms with van der Waals surface area (Å²) < 4.78 is 0. The number of aromatic nitrogens is 1. The molecule has 1 aliphatic heterocycles. The van der Waals surface area contributed by atoms with Crippen LogP contribution in [0.2, 0.25) is 0 Å². The smallest absolute Gasteiger partial charge is 0.228 e. The highest BCUT2D eigenvalue weighted by molar-refractivity contribution is 5.86. The van der Waals surface area contributed by atoms with Gasteiger partial charge in [-0.2, -0.15) is 0 Å². The van der Waals surface area contributed by atoms with Gasteiger partial charge in [-0.15, -0.1) is 6.58 Å². The zero-order chi connectivity index (χ0) is 23.1. The number of rotatable bonds is 7. The van der Waals surface area contributed by atoms with E-state index in [1.165, 1.54) is 0 Å². The summed E-state index contributed by atoms with van der Waals surface area (Å²) in [6, 6.07) is 12.2. The molecule has 0 radical (unpaired) electrons. The van der Waals surface area contributed by atoms with Crippen LogP contribution in [0.25, 0.3) is 11.1 Å². The van der Waals surface area contributed by atoms with Crippen LogP contribution in [0.3, 0.4) is 0 Å². The molecule has 2 amide bonds. The quantitative estimate of drug-likeness (QED) is 0.638. The number of amides is 2. The zero-order valence-corrected chi connectivity index (χ0v) is 19.2. The lowest BCUT2D eigenvalue weighted by atomic mass is 9.72. The van der Waals surface area contributed by atoms with Crippen molar-refractivity contribution >= 4 is 11.8 Å². The largest absolute Gasteiger partial charge is 0.352 e. The van der Waals surface area contributed by atoms with E-state index in [1.807, 2.05) is 35.4 Å². The lowest BCUT2D eigenvalue weighted by Gasteiger charge is -2.43. The molecule has 1 saturated heterocycles. The van der Waals surface area contributed by atoms with Crippen molar-refractivity contribution < 1.29 is 9.59 Å². The van der Waals surface area contributed by atoms with Crippen LogP contribution in [0.4, 0.5) is 0 Å². The summed E-state index contributed by atoms with van der Waals surface area (Å²) in [5.74, 6) is 0.231. The van der Waals surface area contributed by atoms with Crippen molar-refractivity contribution in [2.45, 2.75) is 38.5 Å². The van der Waals surface area contributed by atoms with Crippen LogP contribution < -0.4 is 5.32 Å². The Hall–Kier alpha value is -3.21. The number of hydrogen-bond donors (Lipinski definition) is 1. The molecule has 2 heterocycles. The summed E-state index contributed by atoms with van der Waals surface area (Å²) in [4.78, 5) is 33.1. The molecule has 33 heavy (non-hydrogen) atoms. The first-order chi connectivity index (χ1) is 16.1. The molecule has 1 N–H and O–H groups in total. The van der Waals surface area contributed by atoms with E-state index in [9.17, 15) is 9.59 Å². The van der Waals surface area contributed by atoms with Crippen LogP contribution >= 0.6 is 0 Å². The van der Waals surface area contributed by atoms with Crippen LogP contribution in [0.5, 0.6) is 0 Å². The predicted molar refractivity (Wildman–Crippen MR) is 131 cm³/mol. The van der Waals surface area contributed by atoms with Gasteiger partial charge in [0.1, 0.15) is 0 Å². The Balaban J connectivity index is 1.64. The molecular formula is C28H33N3O2. The minimum absolute atomic E-state index is 0.00410. The van der Waals surface area contributed by atoms with Gasteiger partial charge < -0.3 is 10.2 Å². The minimum Gasteiger partial charge on any atom is -0.352 e. The number of benzene rings is 1. The molecule has 0 bridgehead atoms. The highest BCUT2D eigenvalue weighted by Crippen LogP contribution is 2.38. The summed E-state index contributed by atoms with van der Waals surface area (Å²) in [7, 11) is 0. The molecule has 5 heteroatoms. The number of pyridine rings is 1. The van der Waals surface area contributed by atoms with Gasteiger partial charge in [-0.1, -0.05) is 48.6 Å². The summed E-state index contributed by atoms with van der Waals surface area (Å²) in [6.07, 6.45) is 14.4. The first kappa shape index (κ1) is 23.0. The van der Waals surface area contributed by atoms with E-state index >= 15 is 0 Å². The summed E-state index contributed by atoms with van der Waals surface area (Å²) >= 11 is 0. The van der Waals surface area contributed by atoms with Crippen LogP contribution in [0.1, 0.15) is 37.7 Å². The van der Waals surface area contributed by atoms with Crippen LogP contribution in [0.15, 0.2) is 73.6 Å². The number of nitrogens with one attached hydrogen (secondary N) is 1. The Morgan fingerprint density at radius 2 is 2.09 bits per heavy atom. The van der Waals surface area contributed by atoms with Gasteiger partial charge in [0.25, 0.3) is 0 Å². The average molecular weight is 444 g/mol. The predicted octanol–water partition coefficient (Wildman–Crippen LogP) is 4.56. The maximum atomic E-state index is 13.6. The van der Waals surface area contributed by atoms with Crippen molar-refractivity contribution in [2.75, 3.05) is 19.6 Å². The fourth-order valence-electron chi connectivity index (χ4n) is 5.20. The van der Waals surface area contributed by atoms with Crippen molar-refractivity contribution in [1.29, 1.82) is 0 Å². The van der Waals surface area contributed by atoms with Gasteiger partial charge in [-0.25, -0.2) is 0 Å². The first-order valence-electron chi connectivity index (χ1n) is 11.9. The van der Waals surface area contributed by atoms with E-state index < -0.39 is 5.41 Å². The monoisotopic (exact) mass is 443 g/mol. The molecule has 2 aliphatic rings. The van der Waals surface area contributed by atoms with Crippen molar-refractivity contribution in [3.05, 3.63) is 79.2 Å². The van der Waals surface area contributed by atoms with Crippen molar-refractivity contribution in [3.63, 3.8) is 0 Å². The van der Waals surface area contributed by atoms with Gasteiger partial charge >= 0.3 is 0 Å². The molecule has 2 atom stereocenters. The molecule has 5 nitrogen and oxygen atoms in total. The number of allylic oxidation sites excluding steroid dienone is 2. The molecule has 1 aliphatic carbocycles. The molecular weight excluding hydrogens is 410 g/mol. The van der Waals surface area contributed by atoms with Gasteiger partial charge in [-0.05, 0) is 55.7 Å². The molecule has 0 unspecified atom stereocenters. The SMILES string of the molecule is C=CCNC(=O)[C@]1(Cc2ccccc2-c2cccnc2)CCCN(C(=O)[C@H]2CC=CCC2)C1. The second kappa shape index (κ2) is 10.6. The Morgan fingerprint density at radius 1 is 1.21 bits per heavy atom. The van der Waals surface area contributed by atoms with Gasteiger partial charge in [0, 0.05) is 43.5 Å². The van der Waals surface area contributed by atoms with Crippen LogP contribution in [0, 0.1) is 11.3 Å². The second-order valence-electron chi connectivity index (χ2n) is 9.20. The Morgan fingerprint density at radius 3 is 2.85 bits per heavy atom. The molecule has 1 aromatic carbocycles. The number of carbonyl (C=O) groups is 2. The fraction of sp³-hybridized carbons (Fsp3) is 0.393. The number of carbonyl (C=O) groups excluding carboxylic acids is 2. The summed E-state index contributed by atoms with van der Waals surface area (Å²) in [5.41, 5.74) is 2.56. The van der Waals surface area contributed by atoms with Crippen molar-refractivity contribution in [1.82, 2.24) is 15.2 Å². The maximum absolute atomic E-state index is 13.6. The number of nitrogens with zero attached hydrogens (tertiary/aromatic N) is 2. The lowest BCUT2D eigenvalue weighted by Crippen LogP contribution is -2.55. The van der Waals surface area contributed by atoms with E-state index in [1.54, 1.807) is 12.3 Å². The van der Waals surface area contributed by atoms with Crippen LogP contribution in [-0.4, -0.2) is 41.3 Å². The molecule has 4 rings (SSSR count). The van der Waals surface area contributed by atoms with Crippen LogP contribution in [-0.2, 0) is 16.0 Å². The van der Waals surface area contributed by atoms with Gasteiger partial charge in [0.15, 0.2) is 0 Å². The molecule has 172 valence electrons. The third kappa shape index (κ3) is 5.24. The maximum Gasteiger partial charge on any atom is 0.228 e. The normalized spacial score (nSPS) is 22.5. The Bertz CT molecular complexity index is 1020. The zero-order valence-electron chi connectivity index (χ0n) is 19.2. The van der Waals surface area contributed by atoms with Gasteiger partial charge in [-0.3, -0.25) is 14.6 Å². The highest BCUT2D eigenvalue weighted by Gasteiger charge is 2.44. The van der Waals surface area contributed by atoms with E-state index in [2.05, 4.69) is 41.2 Å². The van der Waals surface area contributed by atoms with E-state index in [0.29, 0.717) is 19.5 Å². The average Bonchev–Trinajstić information content (AvgIpc) is 2.88. The minimum atomic E-state index is -0.667. The number of likely N-dealkylation sites (tertiary alicyclic amines) is 1. The second-order valence-corrected chi connectivity index (χ2v) is 9.20. The molecule has 1 aromatic heterocycles. The Labute approximate surface area is 196 Å². The Kier molecular flexibility index (Phi) is 7.38. The summed E-state index contributed by atoms with van der Waals surface area (Å²) in [6.45, 7) is 5.35. The highest BCUT2D eigenvalue weighted by atomic mass is 16.2. The number of piperidine rings is 1. The summed E-state index contributed by atoms with van der Waals surface area (Å²) in [5, 5.41) is 3.04. The standard InChI is InChI=1S/C28H33N3O2/c1-2-16-30-27(33)28(15-9-18-31(21-28)26(32)22-10-4-3-5-11-22)19-23-12-6-7-14-25(23)24-13-8-17-29-20-24/h2-4,6-8,12-14,17,20,22H,1,5,9-11,15-16,18-19,21H2,(H,30,33)/t22-,28-/m0/s1. The first-order valence-corrected chi connectivity index (χ1v) is 11.9. The third-order valence-electron chi connectivity index (χ3n) is 6.91. The molecule has 0 spiro atoms. The van der Waals surface area contributed by atoms with Gasteiger partial charge in [0.05, 0.1) is 5.41 Å². The molecule has 2 aromatic rings. The van der Waals surface area contributed by atoms with Crippen molar-refractivity contribution in [3.8, 4) is 11.1 Å². The number of hydrogen-bond acceptors (Lipinski definition) is 3. The van der Waals surface area contributed by atoms with Crippen molar-refractivity contribution in [2.24, 2.45) is 11.3 Å². The van der Waals surface area contributed by atoms with E-state index in [-0.39, 0.29) is 17.7 Å². The van der Waals surface area contributed by atoms with E-state index in [4.69, 9.17) is 0 Å². The van der Waals surface area contributed by atoms with E-state index in [0.717, 1.165) is 55.3 Å².